The summed E-state index contributed by atoms with van der Waals surface area (Å²) in [6.07, 6.45) is 1.80. The van der Waals surface area contributed by atoms with Crippen LogP contribution in [-0.2, 0) is 12.4 Å². The summed E-state index contributed by atoms with van der Waals surface area (Å²) >= 11 is 6.01. The largest absolute Gasteiger partial charge is 0.321 e. The van der Waals surface area contributed by atoms with Gasteiger partial charge in [-0.25, -0.2) is 4.98 Å². The van der Waals surface area contributed by atoms with Gasteiger partial charge in [-0.1, -0.05) is 12.1 Å². The first-order valence-corrected chi connectivity index (χ1v) is 6.73. The molecule has 0 N–H and O–H groups in total. The maximum absolute atomic E-state index is 6.01. The number of rotatable bonds is 3. The van der Waals surface area contributed by atoms with E-state index in [0.29, 0.717) is 12.4 Å². The number of hydrogen-bond donors (Lipinski definition) is 0. The lowest BCUT2D eigenvalue weighted by Crippen LogP contribution is -2.05. The van der Waals surface area contributed by atoms with Gasteiger partial charge in [-0.3, -0.25) is 4.98 Å². The number of aryl methyl sites for hydroxylation is 1. The maximum atomic E-state index is 6.01. The van der Waals surface area contributed by atoms with Crippen molar-refractivity contribution in [1.29, 1.82) is 0 Å². The molecular weight excluding hydrogens is 258 g/mol. The van der Waals surface area contributed by atoms with Crippen molar-refractivity contribution in [2.24, 2.45) is 0 Å². The summed E-state index contributed by atoms with van der Waals surface area (Å²) in [6.45, 7) is 2.76. The van der Waals surface area contributed by atoms with Crippen LogP contribution >= 0.6 is 11.6 Å². The van der Waals surface area contributed by atoms with E-state index in [2.05, 4.69) is 39.7 Å². The lowest BCUT2D eigenvalue weighted by atomic mass is 10.2. The van der Waals surface area contributed by atoms with Crippen LogP contribution in [0.15, 0.2) is 42.6 Å². The van der Waals surface area contributed by atoms with Gasteiger partial charge in [0.2, 0.25) is 0 Å². The van der Waals surface area contributed by atoms with E-state index in [1.165, 1.54) is 5.56 Å². The van der Waals surface area contributed by atoms with Crippen molar-refractivity contribution in [3.63, 3.8) is 0 Å². The highest BCUT2D eigenvalue weighted by atomic mass is 35.5. The fraction of sp³-hybridized carbons (Fsp3) is 0.200. The molecule has 0 spiro atoms. The topological polar surface area (TPSA) is 30.7 Å². The van der Waals surface area contributed by atoms with Crippen LogP contribution in [0.5, 0.6) is 0 Å². The average Bonchev–Trinajstić information content (AvgIpc) is 2.77. The van der Waals surface area contributed by atoms with Gasteiger partial charge in [-0.2, -0.15) is 0 Å². The minimum Gasteiger partial charge on any atom is -0.321 e. The second kappa shape index (κ2) is 5.02. The highest BCUT2D eigenvalue weighted by Crippen LogP contribution is 2.20. The number of hydrogen-bond acceptors (Lipinski definition) is 2. The van der Waals surface area contributed by atoms with Crippen molar-refractivity contribution in [3.05, 3.63) is 59.7 Å². The van der Waals surface area contributed by atoms with Crippen LogP contribution in [0.2, 0.25) is 0 Å². The lowest BCUT2D eigenvalue weighted by molar-refractivity contribution is 0.758. The van der Waals surface area contributed by atoms with Gasteiger partial charge in [0.05, 0.1) is 29.2 Å². The molecule has 96 valence electrons. The van der Waals surface area contributed by atoms with Crippen LogP contribution in [-0.4, -0.2) is 14.5 Å². The molecule has 0 aliphatic heterocycles. The molecule has 0 saturated carbocycles. The van der Waals surface area contributed by atoms with E-state index in [1.54, 1.807) is 6.20 Å². The zero-order chi connectivity index (χ0) is 13.2. The van der Waals surface area contributed by atoms with Crippen molar-refractivity contribution in [3.8, 4) is 0 Å². The van der Waals surface area contributed by atoms with Crippen molar-refractivity contribution in [1.82, 2.24) is 14.5 Å². The second-order valence-electron chi connectivity index (χ2n) is 4.56. The molecule has 19 heavy (non-hydrogen) atoms. The maximum Gasteiger partial charge on any atom is 0.125 e. The van der Waals surface area contributed by atoms with Crippen molar-refractivity contribution < 1.29 is 0 Å². The molecular formula is C15H14ClN3. The first kappa shape index (κ1) is 12.2. The molecule has 1 aromatic carbocycles. The first-order valence-electron chi connectivity index (χ1n) is 6.19. The Morgan fingerprint density at radius 2 is 2.11 bits per heavy atom. The number of halogens is 1. The third-order valence-corrected chi connectivity index (χ3v) is 3.39. The molecule has 0 aliphatic rings. The number of pyridine rings is 1. The summed E-state index contributed by atoms with van der Waals surface area (Å²) in [5.74, 6) is 1.29. The summed E-state index contributed by atoms with van der Waals surface area (Å²) in [6, 6.07) is 12.2. The molecule has 3 rings (SSSR count). The predicted octanol–water partition coefficient (Wildman–Crippen LogP) is 3.53. The number of fused-ring (bicyclic) bond motifs is 1. The van der Waals surface area contributed by atoms with Crippen molar-refractivity contribution in [2.45, 2.75) is 19.3 Å². The van der Waals surface area contributed by atoms with E-state index in [-0.39, 0.29) is 0 Å². The Hall–Kier alpha value is -1.87. The van der Waals surface area contributed by atoms with Crippen molar-refractivity contribution >= 4 is 22.6 Å². The molecule has 0 saturated heterocycles. The standard InChI is InChI=1S/C15H14ClN3/c1-11-5-6-14-13(8-11)18-15(9-16)19(14)10-12-4-2-3-7-17-12/h2-8H,9-10H2,1H3. The fourth-order valence-electron chi connectivity index (χ4n) is 2.22. The summed E-state index contributed by atoms with van der Waals surface area (Å²) in [7, 11) is 0. The van der Waals surface area contributed by atoms with Gasteiger partial charge in [-0.05, 0) is 36.8 Å². The molecule has 2 aromatic heterocycles. The van der Waals surface area contributed by atoms with Gasteiger partial charge >= 0.3 is 0 Å². The minimum atomic E-state index is 0.403. The molecule has 0 bridgehead atoms. The summed E-state index contributed by atoms with van der Waals surface area (Å²) in [4.78, 5) is 8.95. The molecule has 0 unspecified atom stereocenters. The lowest BCUT2D eigenvalue weighted by Gasteiger charge is -2.07. The SMILES string of the molecule is Cc1ccc2c(c1)nc(CCl)n2Cc1ccccn1. The summed E-state index contributed by atoms with van der Waals surface area (Å²) in [5, 5.41) is 0. The monoisotopic (exact) mass is 271 g/mol. The molecule has 4 heteroatoms. The smallest absolute Gasteiger partial charge is 0.125 e. The number of benzene rings is 1. The molecule has 3 nitrogen and oxygen atoms in total. The van der Waals surface area contributed by atoms with E-state index in [0.717, 1.165) is 22.6 Å². The number of alkyl halides is 1. The molecule has 0 aliphatic carbocycles. The van der Waals surface area contributed by atoms with Crippen LogP contribution in [0, 0.1) is 6.92 Å². The predicted molar refractivity (Wildman–Crippen MR) is 77.4 cm³/mol. The molecule has 0 atom stereocenters. The number of imidazole rings is 1. The van der Waals surface area contributed by atoms with E-state index in [4.69, 9.17) is 11.6 Å². The average molecular weight is 272 g/mol. The normalized spacial score (nSPS) is 11.1. The van der Waals surface area contributed by atoms with Crippen molar-refractivity contribution in [2.75, 3.05) is 0 Å². The van der Waals surface area contributed by atoms with Crippen LogP contribution in [0.1, 0.15) is 17.1 Å². The molecule has 0 radical (unpaired) electrons. The van der Waals surface area contributed by atoms with Gasteiger partial charge in [0.25, 0.3) is 0 Å². The second-order valence-corrected chi connectivity index (χ2v) is 4.83. The highest BCUT2D eigenvalue weighted by Gasteiger charge is 2.10. The Balaban J connectivity index is 2.11. The van der Waals surface area contributed by atoms with E-state index >= 15 is 0 Å². The van der Waals surface area contributed by atoms with Gasteiger partial charge in [0.15, 0.2) is 0 Å². The molecule has 3 aromatic rings. The molecule has 0 fully saturated rings. The number of aromatic nitrogens is 3. The Morgan fingerprint density at radius 3 is 2.84 bits per heavy atom. The Bertz CT molecular complexity index is 704. The Morgan fingerprint density at radius 1 is 1.21 bits per heavy atom. The molecule has 2 heterocycles. The van der Waals surface area contributed by atoms with E-state index in [1.807, 2.05) is 18.2 Å². The van der Waals surface area contributed by atoms with Crippen LogP contribution < -0.4 is 0 Å². The van der Waals surface area contributed by atoms with Gasteiger partial charge in [0.1, 0.15) is 5.82 Å². The third kappa shape index (κ3) is 2.34. The highest BCUT2D eigenvalue weighted by molar-refractivity contribution is 6.16. The minimum absolute atomic E-state index is 0.403. The zero-order valence-corrected chi connectivity index (χ0v) is 11.4. The summed E-state index contributed by atoms with van der Waals surface area (Å²) in [5.41, 5.74) is 4.31. The third-order valence-electron chi connectivity index (χ3n) is 3.15. The Kier molecular flexibility index (Phi) is 3.22. The van der Waals surface area contributed by atoms with Crippen LogP contribution in [0.3, 0.4) is 0 Å². The zero-order valence-electron chi connectivity index (χ0n) is 10.7. The van der Waals surface area contributed by atoms with E-state index < -0.39 is 0 Å². The van der Waals surface area contributed by atoms with E-state index in [9.17, 15) is 0 Å². The van der Waals surface area contributed by atoms with Gasteiger partial charge in [-0.15, -0.1) is 11.6 Å². The van der Waals surface area contributed by atoms with Gasteiger partial charge in [0, 0.05) is 6.20 Å². The van der Waals surface area contributed by atoms with Crippen LogP contribution in [0.4, 0.5) is 0 Å². The molecule has 0 amide bonds. The quantitative estimate of drug-likeness (QED) is 0.683. The fourth-order valence-corrected chi connectivity index (χ4v) is 2.43. The number of nitrogens with zero attached hydrogens (tertiary/aromatic N) is 3. The van der Waals surface area contributed by atoms with Crippen LogP contribution in [0.25, 0.3) is 11.0 Å². The summed E-state index contributed by atoms with van der Waals surface area (Å²) < 4.78 is 2.13. The van der Waals surface area contributed by atoms with Gasteiger partial charge < -0.3 is 4.57 Å². The first-order chi connectivity index (χ1) is 9.28. The Labute approximate surface area is 116 Å².